The normalized spacial score (nSPS) is 10.9. The lowest BCUT2D eigenvalue weighted by Crippen LogP contribution is -1.99. The summed E-state index contributed by atoms with van der Waals surface area (Å²) in [5.74, 6) is 1.16. The summed E-state index contributed by atoms with van der Waals surface area (Å²) in [6, 6.07) is 10.9. The molecule has 2 N–H and O–H groups in total. The van der Waals surface area contributed by atoms with Crippen molar-refractivity contribution < 1.29 is 4.42 Å². The van der Waals surface area contributed by atoms with Crippen molar-refractivity contribution in [1.82, 2.24) is 4.98 Å². The van der Waals surface area contributed by atoms with Crippen LogP contribution >= 0.6 is 27.7 Å². The van der Waals surface area contributed by atoms with Crippen molar-refractivity contribution in [2.24, 2.45) is 0 Å². The first-order chi connectivity index (χ1) is 10.1. The smallest absolute Gasteiger partial charge is 0.336 e. The summed E-state index contributed by atoms with van der Waals surface area (Å²) in [5.41, 5.74) is 6.75. The summed E-state index contributed by atoms with van der Waals surface area (Å²) >= 11 is 4.98. The number of hydrogen-bond donors (Lipinski definition) is 1. The van der Waals surface area contributed by atoms with Crippen LogP contribution in [0.4, 0.5) is 5.82 Å². The number of pyridine rings is 1. The van der Waals surface area contributed by atoms with Crippen molar-refractivity contribution in [3.8, 4) is 0 Å². The van der Waals surface area contributed by atoms with Crippen LogP contribution in [0.1, 0.15) is 5.56 Å². The highest BCUT2D eigenvalue weighted by Gasteiger charge is 2.07. The number of hydrogen-bond acceptors (Lipinski definition) is 5. The highest BCUT2D eigenvalue weighted by Crippen LogP contribution is 2.27. The Bertz CT molecular complexity index is 846. The summed E-state index contributed by atoms with van der Waals surface area (Å²) in [6.45, 7) is 0. The standard InChI is InChI=1S/C15H11BrN2O2S/c16-10-1-3-12-9(5-15(19)20-13(12)6-10)8-21-11-2-4-14(17)18-7-11/h1-7H,8H2,(H2,17,18). The number of fused-ring (bicyclic) bond motifs is 1. The molecule has 0 aliphatic rings. The van der Waals surface area contributed by atoms with E-state index in [4.69, 9.17) is 10.2 Å². The van der Waals surface area contributed by atoms with Crippen LogP contribution in [0.25, 0.3) is 11.0 Å². The molecule has 6 heteroatoms. The number of nitrogens with zero attached hydrogens (tertiary/aromatic N) is 1. The van der Waals surface area contributed by atoms with Crippen molar-refractivity contribution in [2.75, 3.05) is 5.73 Å². The minimum atomic E-state index is -0.341. The molecule has 21 heavy (non-hydrogen) atoms. The summed E-state index contributed by atoms with van der Waals surface area (Å²) in [5, 5.41) is 0.939. The monoisotopic (exact) mass is 362 g/mol. The maximum atomic E-state index is 11.7. The van der Waals surface area contributed by atoms with Crippen molar-refractivity contribution in [1.29, 1.82) is 0 Å². The maximum Gasteiger partial charge on any atom is 0.336 e. The van der Waals surface area contributed by atoms with Gasteiger partial charge in [-0.25, -0.2) is 9.78 Å². The van der Waals surface area contributed by atoms with Gasteiger partial charge in [0.2, 0.25) is 0 Å². The summed E-state index contributed by atoms with van der Waals surface area (Å²) in [7, 11) is 0. The van der Waals surface area contributed by atoms with Gasteiger partial charge in [0, 0.05) is 32.8 Å². The van der Waals surface area contributed by atoms with E-state index in [1.54, 1.807) is 30.1 Å². The first kappa shape index (κ1) is 14.2. The first-order valence-electron chi connectivity index (χ1n) is 6.18. The van der Waals surface area contributed by atoms with Crippen LogP contribution in [0, 0.1) is 0 Å². The van der Waals surface area contributed by atoms with E-state index in [1.165, 1.54) is 6.07 Å². The molecule has 3 aromatic rings. The van der Waals surface area contributed by atoms with Crippen LogP contribution in [0.15, 0.2) is 61.2 Å². The number of thioether (sulfide) groups is 1. The van der Waals surface area contributed by atoms with Gasteiger partial charge in [-0.05, 0) is 35.9 Å². The number of nitrogen functional groups attached to an aromatic ring is 1. The minimum absolute atomic E-state index is 0.341. The third kappa shape index (κ3) is 3.28. The molecular formula is C15H11BrN2O2S. The molecule has 0 aliphatic carbocycles. The number of rotatable bonds is 3. The fraction of sp³-hybridized carbons (Fsp3) is 0.0667. The summed E-state index contributed by atoms with van der Waals surface area (Å²) < 4.78 is 6.11. The van der Waals surface area contributed by atoms with E-state index in [0.29, 0.717) is 17.2 Å². The van der Waals surface area contributed by atoms with Crippen LogP contribution in [0.3, 0.4) is 0 Å². The van der Waals surface area contributed by atoms with Gasteiger partial charge >= 0.3 is 5.63 Å². The zero-order valence-electron chi connectivity index (χ0n) is 10.9. The zero-order chi connectivity index (χ0) is 14.8. The number of halogens is 1. The SMILES string of the molecule is Nc1ccc(SCc2cc(=O)oc3cc(Br)ccc23)cn1. The average Bonchev–Trinajstić information content (AvgIpc) is 2.45. The Morgan fingerprint density at radius 1 is 1.24 bits per heavy atom. The van der Waals surface area contributed by atoms with Gasteiger partial charge in [-0.1, -0.05) is 15.9 Å². The molecule has 0 bridgehead atoms. The van der Waals surface area contributed by atoms with Crippen molar-refractivity contribution >= 4 is 44.5 Å². The highest BCUT2D eigenvalue weighted by molar-refractivity contribution is 9.10. The van der Waals surface area contributed by atoms with Gasteiger partial charge in [0.05, 0.1) is 0 Å². The fourth-order valence-electron chi connectivity index (χ4n) is 1.96. The molecular weight excluding hydrogens is 352 g/mol. The first-order valence-corrected chi connectivity index (χ1v) is 7.96. The minimum Gasteiger partial charge on any atom is -0.423 e. The summed E-state index contributed by atoms with van der Waals surface area (Å²) in [4.78, 5) is 16.7. The van der Waals surface area contributed by atoms with Crippen LogP contribution < -0.4 is 11.4 Å². The van der Waals surface area contributed by atoms with E-state index in [0.717, 1.165) is 20.3 Å². The molecule has 0 atom stereocenters. The Hall–Kier alpha value is -1.79. The molecule has 0 radical (unpaired) electrons. The van der Waals surface area contributed by atoms with Crippen molar-refractivity contribution in [3.63, 3.8) is 0 Å². The number of benzene rings is 1. The molecule has 106 valence electrons. The lowest BCUT2D eigenvalue weighted by Gasteiger charge is -2.06. The van der Waals surface area contributed by atoms with E-state index in [9.17, 15) is 4.79 Å². The molecule has 3 rings (SSSR count). The molecule has 2 heterocycles. The molecule has 4 nitrogen and oxygen atoms in total. The molecule has 0 amide bonds. The molecule has 0 unspecified atom stereocenters. The number of nitrogens with two attached hydrogens (primary N) is 1. The molecule has 0 spiro atoms. The van der Waals surface area contributed by atoms with E-state index in [-0.39, 0.29) is 5.63 Å². The second-order valence-corrected chi connectivity index (χ2v) is 6.40. The number of anilines is 1. The Kier molecular flexibility index (Phi) is 3.98. The van der Waals surface area contributed by atoms with Gasteiger partial charge < -0.3 is 10.2 Å². The third-order valence-corrected chi connectivity index (χ3v) is 4.47. The Labute approximate surface area is 133 Å². The van der Waals surface area contributed by atoms with Gasteiger partial charge in [0.25, 0.3) is 0 Å². The van der Waals surface area contributed by atoms with Gasteiger partial charge in [-0.15, -0.1) is 11.8 Å². The third-order valence-electron chi connectivity index (χ3n) is 2.95. The van der Waals surface area contributed by atoms with E-state index in [2.05, 4.69) is 20.9 Å². The molecule has 1 aromatic carbocycles. The van der Waals surface area contributed by atoms with Crippen molar-refractivity contribution in [3.05, 3.63) is 63.1 Å². The lowest BCUT2D eigenvalue weighted by atomic mass is 10.1. The molecule has 0 saturated heterocycles. The molecule has 0 aliphatic heterocycles. The largest absolute Gasteiger partial charge is 0.423 e. The van der Waals surface area contributed by atoms with Crippen LogP contribution in [0.5, 0.6) is 0 Å². The second kappa shape index (κ2) is 5.91. The predicted molar refractivity (Wildman–Crippen MR) is 88.4 cm³/mol. The lowest BCUT2D eigenvalue weighted by molar-refractivity contribution is 0.559. The van der Waals surface area contributed by atoms with Crippen LogP contribution in [-0.4, -0.2) is 4.98 Å². The van der Waals surface area contributed by atoms with Gasteiger partial charge in [-0.3, -0.25) is 0 Å². The van der Waals surface area contributed by atoms with E-state index in [1.807, 2.05) is 18.2 Å². The van der Waals surface area contributed by atoms with E-state index < -0.39 is 0 Å². The predicted octanol–water partition coefficient (Wildman–Crippen LogP) is 3.83. The summed E-state index contributed by atoms with van der Waals surface area (Å²) in [6.07, 6.45) is 1.73. The second-order valence-electron chi connectivity index (χ2n) is 4.44. The quantitative estimate of drug-likeness (QED) is 0.566. The zero-order valence-corrected chi connectivity index (χ0v) is 13.3. The fourth-order valence-corrected chi connectivity index (χ4v) is 3.15. The topological polar surface area (TPSA) is 69.1 Å². The molecule has 0 fully saturated rings. The van der Waals surface area contributed by atoms with Crippen LogP contribution in [-0.2, 0) is 5.75 Å². The molecule has 0 saturated carbocycles. The van der Waals surface area contributed by atoms with Crippen molar-refractivity contribution in [2.45, 2.75) is 10.6 Å². The van der Waals surface area contributed by atoms with Gasteiger partial charge in [-0.2, -0.15) is 0 Å². The molecule has 2 aromatic heterocycles. The average molecular weight is 363 g/mol. The number of aromatic nitrogens is 1. The van der Waals surface area contributed by atoms with Crippen LogP contribution in [0.2, 0.25) is 0 Å². The van der Waals surface area contributed by atoms with Gasteiger partial charge in [0.15, 0.2) is 0 Å². The maximum absolute atomic E-state index is 11.7. The van der Waals surface area contributed by atoms with Gasteiger partial charge in [0.1, 0.15) is 11.4 Å². The Morgan fingerprint density at radius 3 is 2.86 bits per heavy atom. The highest BCUT2D eigenvalue weighted by atomic mass is 79.9. The Morgan fingerprint density at radius 2 is 2.10 bits per heavy atom. The van der Waals surface area contributed by atoms with E-state index >= 15 is 0 Å². The Balaban J connectivity index is 1.93.